The van der Waals surface area contributed by atoms with Gasteiger partial charge in [-0.3, -0.25) is 9.59 Å². The summed E-state index contributed by atoms with van der Waals surface area (Å²) >= 11 is 0. The normalized spacial score (nSPS) is 19.4. The second-order valence-corrected chi connectivity index (χ2v) is 14.2. The molecule has 3 aliphatic heterocycles. The number of aromatic nitrogens is 4. The van der Waals surface area contributed by atoms with Crippen molar-refractivity contribution in [2.75, 3.05) is 82.9 Å². The number of hydrogen-bond donors (Lipinski definition) is 0. The van der Waals surface area contributed by atoms with Crippen molar-refractivity contribution >= 4 is 58.0 Å². The molecule has 2 saturated heterocycles. The van der Waals surface area contributed by atoms with Gasteiger partial charge in [-0.25, -0.2) is 8.78 Å². The number of benzene rings is 2. The average molecular weight is 758 g/mol. The number of piperazine rings is 2. The lowest BCUT2D eigenvalue weighted by Crippen LogP contribution is -2.45. The molecule has 1 saturated carbocycles. The molecule has 0 amide bonds. The van der Waals surface area contributed by atoms with Gasteiger partial charge in [0.25, 0.3) is 11.8 Å². The minimum Gasteiger partial charge on any atom is -0.487 e. The highest BCUT2D eigenvalue weighted by Gasteiger charge is 2.32. The lowest BCUT2D eigenvalue weighted by atomic mass is 10.1. The molecule has 2 aromatic carbocycles. The summed E-state index contributed by atoms with van der Waals surface area (Å²) in [5.74, 6) is -0.788. The van der Waals surface area contributed by atoms with Crippen LogP contribution in [0.5, 0.6) is 5.75 Å². The first kappa shape index (κ1) is 36.1. The third-order valence-corrected chi connectivity index (χ3v) is 10.7. The lowest BCUT2D eigenvalue weighted by Gasteiger charge is -2.37. The number of hydrogen-bond acceptors (Lipinski definition) is 10. The standard InChI is InChI=1S/C36H38F2N8O4.2ClH/c1-20-19-49-34-30-23(15-27(38)31(34)44-12-8-42(3)9-13-44)33(48)24(17-45(20)30)35-39-40-36(50-35)25-18-46(21-4-5-21)28-16-29(26(37)14-22(28)32(25)47)43-10-6-41(2)7-11-43;;/h14-18,20-21H,4-13,19H2,1-3H3;2*1H/t20-;;/m0../s1. The Morgan fingerprint density at radius 3 is 1.90 bits per heavy atom. The van der Waals surface area contributed by atoms with Crippen molar-refractivity contribution in [1.29, 1.82) is 0 Å². The molecule has 0 spiro atoms. The highest BCUT2D eigenvalue weighted by atomic mass is 35.5. The number of halogens is 4. The number of nitrogens with zero attached hydrogens (tertiary/aromatic N) is 8. The van der Waals surface area contributed by atoms with Gasteiger partial charge in [0.05, 0.1) is 28.1 Å². The highest BCUT2D eigenvalue weighted by Crippen LogP contribution is 2.43. The zero-order valence-electron chi connectivity index (χ0n) is 29.1. The van der Waals surface area contributed by atoms with Crippen molar-refractivity contribution in [2.45, 2.75) is 31.8 Å². The van der Waals surface area contributed by atoms with E-state index >= 15 is 8.78 Å². The van der Waals surface area contributed by atoms with Crippen LogP contribution in [0.4, 0.5) is 20.2 Å². The van der Waals surface area contributed by atoms with E-state index in [4.69, 9.17) is 9.15 Å². The number of anilines is 2. The second-order valence-electron chi connectivity index (χ2n) is 14.2. The lowest BCUT2D eigenvalue weighted by molar-refractivity contribution is 0.245. The van der Waals surface area contributed by atoms with E-state index in [1.54, 1.807) is 18.5 Å². The van der Waals surface area contributed by atoms with Crippen LogP contribution in [0.3, 0.4) is 0 Å². The highest BCUT2D eigenvalue weighted by molar-refractivity contribution is 5.94. The van der Waals surface area contributed by atoms with Crippen LogP contribution in [0.15, 0.2) is 44.6 Å². The summed E-state index contributed by atoms with van der Waals surface area (Å²) in [4.78, 5) is 36.4. The molecule has 16 heteroatoms. The molecule has 52 heavy (non-hydrogen) atoms. The molecule has 6 heterocycles. The van der Waals surface area contributed by atoms with Gasteiger partial charge < -0.3 is 37.9 Å². The fourth-order valence-electron chi connectivity index (χ4n) is 7.59. The number of fused-ring (bicyclic) bond motifs is 1. The summed E-state index contributed by atoms with van der Waals surface area (Å²) < 4.78 is 47.7. The summed E-state index contributed by atoms with van der Waals surface area (Å²) in [6, 6.07) is 4.36. The molecule has 0 bridgehead atoms. The summed E-state index contributed by atoms with van der Waals surface area (Å²) in [6.45, 7) is 8.14. The van der Waals surface area contributed by atoms with Crippen molar-refractivity contribution in [3.63, 3.8) is 0 Å². The molecular formula is C36H40Cl2F2N8O4. The fraction of sp³-hybridized carbons (Fsp3) is 0.444. The minimum absolute atomic E-state index is 0. The van der Waals surface area contributed by atoms with Gasteiger partial charge in [-0.2, -0.15) is 0 Å². The summed E-state index contributed by atoms with van der Waals surface area (Å²) in [5, 5.41) is 8.78. The Kier molecular flexibility index (Phi) is 9.47. The molecule has 3 fully saturated rings. The molecule has 0 unspecified atom stereocenters. The van der Waals surface area contributed by atoms with Gasteiger partial charge >= 0.3 is 0 Å². The first-order valence-corrected chi connectivity index (χ1v) is 17.3. The van der Waals surface area contributed by atoms with E-state index in [0.29, 0.717) is 54.3 Å². The Morgan fingerprint density at radius 1 is 0.731 bits per heavy atom. The topological polar surface area (TPSA) is 105 Å². The molecule has 0 radical (unpaired) electrons. The Balaban J connectivity index is 0.00000210. The monoisotopic (exact) mass is 756 g/mol. The molecule has 276 valence electrons. The maximum atomic E-state index is 15.9. The number of pyridine rings is 2. The molecule has 1 aliphatic carbocycles. The van der Waals surface area contributed by atoms with Gasteiger partial charge in [-0.15, -0.1) is 35.0 Å². The SMILES string of the molecule is C[C@H]1COc2c(N3CCN(C)CC3)c(F)cc3c(=O)c(-c4nnc(-c5cn(C6CC6)c6cc(N7CCN(C)CC7)c(F)cc6c5=O)o4)cn1c23.Cl.Cl. The third-order valence-electron chi connectivity index (χ3n) is 10.7. The average Bonchev–Trinajstić information content (AvgIpc) is 3.84. The molecule has 3 aromatic heterocycles. The predicted octanol–water partition coefficient (Wildman–Crippen LogP) is 4.95. The van der Waals surface area contributed by atoms with Crippen LogP contribution < -0.4 is 25.4 Å². The van der Waals surface area contributed by atoms with E-state index in [2.05, 4.69) is 20.0 Å². The number of rotatable bonds is 5. The van der Waals surface area contributed by atoms with Crippen molar-refractivity contribution in [3.8, 4) is 28.7 Å². The minimum atomic E-state index is -0.529. The molecular weight excluding hydrogens is 717 g/mol. The largest absolute Gasteiger partial charge is 0.487 e. The third kappa shape index (κ3) is 5.89. The molecule has 0 N–H and O–H groups in total. The van der Waals surface area contributed by atoms with Gasteiger partial charge in [0.1, 0.15) is 29.2 Å². The van der Waals surface area contributed by atoms with E-state index in [1.807, 2.05) is 40.0 Å². The maximum Gasteiger partial charge on any atom is 0.253 e. The van der Waals surface area contributed by atoms with Crippen molar-refractivity contribution in [1.82, 2.24) is 29.1 Å². The van der Waals surface area contributed by atoms with Gasteiger partial charge in [0.2, 0.25) is 10.9 Å². The van der Waals surface area contributed by atoms with Crippen LogP contribution in [0.1, 0.15) is 31.8 Å². The quantitative estimate of drug-likeness (QED) is 0.245. The van der Waals surface area contributed by atoms with E-state index in [-0.39, 0.29) is 77.2 Å². The Hall–Kier alpha value is -4.24. The van der Waals surface area contributed by atoms with Crippen LogP contribution in [0.2, 0.25) is 0 Å². The number of likely N-dealkylation sites (N-methyl/N-ethyl adjacent to an activating group) is 2. The zero-order chi connectivity index (χ0) is 34.4. The Bertz CT molecular complexity index is 2310. The second kappa shape index (κ2) is 13.6. The first-order valence-electron chi connectivity index (χ1n) is 17.3. The molecule has 5 aromatic rings. The van der Waals surface area contributed by atoms with Crippen LogP contribution >= 0.6 is 24.8 Å². The van der Waals surface area contributed by atoms with Gasteiger partial charge in [0, 0.05) is 76.2 Å². The summed E-state index contributed by atoms with van der Waals surface area (Å²) in [5.41, 5.74) is 1.34. The first-order chi connectivity index (χ1) is 24.2. The molecule has 12 nitrogen and oxygen atoms in total. The van der Waals surface area contributed by atoms with Crippen molar-refractivity contribution in [2.24, 2.45) is 0 Å². The molecule has 1 atom stereocenters. The van der Waals surface area contributed by atoms with E-state index in [1.165, 1.54) is 12.1 Å². The van der Waals surface area contributed by atoms with E-state index < -0.39 is 22.5 Å². The van der Waals surface area contributed by atoms with Crippen LogP contribution in [0, 0.1) is 11.6 Å². The fourth-order valence-corrected chi connectivity index (χ4v) is 7.59. The summed E-state index contributed by atoms with van der Waals surface area (Å²) in [6.07, 6.45) is 5.23. The van der Waals surface area contributed by atoms with Gasteiger partial charge in [-0.05, 0) is 52.1 Å². The van der Waals surface area contributed by atoms with Crippen molar-refractivity contribution < 1.29 is 17.9 Å². The van der Waals surface area contributed by atoms with E-state index in [0.717, 1.165) is 39.0 Å². The van der Waals surface area contributed by atoms with E-state index in [9.17, 15) is 9.59 Å². The summed E-state index contributed by atoms with van der Waals surface area (Å²) in [7, 11) is 4.08. The zero-order valence-corrected chi connectivity index (χ0v) is 30.7. The number of ether oxygens (including phenoxy) is 1. The van der Waals surface area contributed by atoms with Gasteiger partial charge in [0.15, 0.2) is 11.6 Å². The Morgan fingerprint density at radius 2 is 1.29 bits per heavy atom. The molecule has 4 aliphatic rings. The van der Waals surface area contributed by atoms with Crippen LogP contribution in [-0.2, 0) is 0 Å². The molecule has 9 rings (SSSR count). The van der Waals surface area contributed by atoms with Crippen LogP contribution in [-0.4, -0.2) is 102 Å². The Labute approximate surface area is 310 Å². The maximum absolute atomic E-state index is 15.9. The predicted molar refractivity (Wildman–Crippen MR) is 201 cm³/mol. The van der Waals surface area contributed by atoms with Crippen molar-refractivity contribution in [3.05, 3.63) is 62.7 Å². The van der Waals surface area contributed by atoms with Crippen LogP contribution in [0.25, 0.3) is 44.7 Å². The van der Waals surface area contributed by atoms with Gasteiger partial charge in [-0.1, -0.05) is 0 Å². The smallest absolute Gasteiger partial charge is 0.253 e.